The van der Waals surface area contributed by atoms with Gasteiger partial charge in [-0.05, 0) is 209 Å². The van der Waals surface area contributed by atoms with E-state index in [0.717, 1.165) is 56.1 Å². The highest BCUT2D eigenvalue weighted by Gasteiger charge is 2.37. The van der Waals surface area contributed by atoms with Crippen LogP contribution in [0.15, 0.2) is 283 Å². The molecule has 1 aliphatic carbocycles. The molecule has 0 fully saturated rings. The van der Waals surface area contributed by atoms with Crippen molar-refractivity contribution in [3.8, 4) is 44.5 Å². The smallest absolute Gasteiger partial charge is 0.135 e. The van der Waals surface area contributed by atoms with E-state index in [2.05, 4.69) is 304 Å². The van der Waals surface area contributed by atoms with Gasteiger partial charge in [0.15, 0.2) is 0 Å². The topological polar surface area (TPSA) is 19.6 Å². The zero-order valence-electron chi connectivity index (χ0n) is 47.4. The third-order valence-corrected chi connectivity index (χ3v) is 18.1. The molecule has 0 radical (unpaired) electrons. The van der Waals surface area contributed by atoms with E-state index in [-0.39, 0.29) is 5.41 Å². The predicted octanol–water partition coefficient (Wildman–Crippen LogP) is 23.1. The Morgan fingerprint density at radius 3 is 1.39 bits per heavy atom. The third kappa shape index (κ3) is 7.95. The molecule has 16 rings (SSSR count). The van der Waals surface area contributed by atoms with Crippen molar-refractivity contribution in [2.75, 3.05) is 9.80 Å². The minimum absolute atomic E-state index is 0.305. The maximum atomic E-state index is 6.18. The van der Waals surface area contributed by atoms with Crippen LogP contribution in [-0.2, 0) is 5.41 Å². The summed E-state index contributed by atoms with van der Waals surface area (Å²) in [6, 6.07) is 103. The first-order valence-corrected chi connectivity index (χ1v) is 29.2. The largest absolute Gasteiger partial charge is 0.456 e. The van der Waals surface area contributed by atoms with Gasteiger partial charge in [-0.25, -0.2) is 0 Å². The van der Waals surface area contributed by atoms with E-state index in [4.69, 9.17) is 4.42 Å². The zero-order valence-corrected chi connectivity index (χ0v) is 47.4. The van der Waals surface area contributed by atoms with E-state index in [1.807, 2.05) is 12.1 Å². The van der Waals surface area contributed by atoms with Crippen LogP contribution in [0.25, 0.3) is 110 Å². The molecule has 3 heteroatoms. The van der Waals surface area contributed by atoms with E-state index in [0.29, 0.717) is 0 Å². The molecular formula is C81H58N2O. The van der Waals surface area contributed by atoms with Crippen molar-refractivity contribution in [1.82, 2.24) is 0 Å². The van der Waals surface area contributed by atoms with Crippen LogP contribution >= 0.6 is 0 Å². The van der Waals surface area contributed by atoms with E-state index in [1.165, 1.54) is 110 Å². The van der Waals surface area contributed by atoms with Gasteiger partial charge in [0.2, 0.25) is 0 Å². The lowest BCUT2D eigenvalue weighted by molar-refractivity contribution is 0.660. The Kier molecular flexibility index (Phi) is 11.4. The molecule has 0 saturated heterocycles. The van der Waals surface area contributed by atoms with E-state index in [9.17, 15) is 0 Å². The van der Waals surface area contributed by atoms with Gasteiger partial charge in [0.05, 0.1) is 5.69 Å². The Morgan fingerprint density at radius 1 is 0.274 bits per heavy atom. The second-order valence-electron chi connectivity index (χ2n) is 23.3. The van der Waals surface area contributed by atoms with E-state index < -0.39 is 0 Å². The lowest BCUT2D eigenvalue weighted by atomic mass is 9.82. The molecule has 0 bridgehead atoms. The first kappa shape index (κ1) is 49.3. The number of benzene rings is 14. The first-order chi connectivity index (χ1) is 41.2. The van der Waals surface area contributed by atoms with Gasteiger partial charge >= 0.3 is 0 Å². The van der Waals surface area contributed by atoms with Crippen LogP contribution < -0.4 is 9.80 Å². The number of nitrogens with zero attached hydrogens (tertiary/aromatic N) is 2. The Hall–Kier alpha value is -10.5. The zero-order chi connectivity index (χ0) is 56.2. The number of hydrogen-bond donors (Lipinski definition) is 0. The number of furan rings is 1. The lowest BCUT2D eigenvalue weighted by Gasteiger charge is -2.30. The Bertz CT molecular complexity index is 5100. The first-order valence-electron chi connectivity index (χ1n) is 29.2. The number of rotatable bonds is 9. The molecule has 0 atom stereocenters. The fourth-order valence-corrected chi connectivity index (χ4v) is 13.9. The maximum Gasteiger partial charge on any atom is 0.135 e. The number of hydrogen-bond acceptors (Lipinski definition) is 3. The van der Waals surface area contributed by atoms with Crippen LogP contribution in [0.4, 0.5) is 34.1 Å². The summed E-state index contributed by atoms with van der Waals surface area (Å²) >= 11 is 0. The average molecular weight is 1080 g/mol. The minimum Gasteiger partial charge on any atom is -0.456 e. The minimum atomic E-state index is -0.305. The average Bonchev–Trinajstić information content (AvgIpc) is 3.93. The van der Waals surface area contributed by atoms with Crippen LogP contribution in [0.3, 0.4) is 0 Å². The van der Waals surface area contributed by atoms with Gasteiger partial charge in [-0.2, -0.15) is 0 Å². The van der Waals surface area contributed by atoms with Crippen LogP contribution in [0.2, 0.25) is 0 Å². The Balaban J connectivity index is 0.791. The quantitative estimate of drug-likeness (QED) is 0.134. The van der Waals surface area contributed by atoms with Gasteiger partial charge in [0.25, 0.3) is 0 Å². The van der Waals surface area contributed by atoms with Gasteiger partial charge in [0, 0.05) is 50.0 Å². The van der Waals surface area contributed by atoms with Crippen molar-refractivity contribution in [3.63, 3.8) is 0 Å². The molecule has 0 saturated carbocycles. The number of aryl methyl sites for hydroxylation is 2. The van der Waals surface area contributed by atoms with Crippen molar-refractivity contribution in [3.05, 3.63) is 301 Å². The highest BCUT2D eigenvalue weighted by atomic mass is 16.3. The summed E-state index contributed by atoms with van der Waals surface area (Å²) in [5, 5.41) is 12.4. The molecule has 3 nitrogen and oxygen atoms in total. The summed E-state index contributed by atoms with van der Waals surface area (Å²) in [5.74, 6) is 0. The number of para-hydroxylation sites is 2. The summed E-state index contributed by atoms with van der Waals surface area (Å²) in [4.78, 5) is 4.88. The summed E-state index contributed by atoms with van der Waals surface area (Å²) in [6.45, 7) is 9.29. The van der Waals surface area contributed by atoms with Crippen molar-refractivity contribution in [1.29, 1.82) is 0 Å². The summed E-state index contributed by atoms with van der Waals surface area (Å²) in [5.41, 5.74) is 23.1. The van der Waals surface area contributed by atoms with Crippen LogP contribution in [0.1, 0.15) is 36.1 Å². The fraction of sp³-hybridized carbons (Fsp3) is 0.0617. The Morgan fingerprint density at radius 2 is 0.714 bits per heavy atom. The molecule has 15 aromatic rings. The van der Waals surface area contributed by atoms with Crippen LogP contribution in [0.5, 0.6) is 0 Å². The molecule has 0 N–H and O–H groups in total. The molecule has 0 aliphatic heterocycles. The molecule has 1 heterocycles. The second kappa shape index (κ2) is 19.3. The molecule has 84 heavy (non-hydrogen) atoms. The van der Waals surface area contributed by atoms with Gasteiger partial charge < -0.3 is 14.2 Å². The lowest BCUT2D eigenvalue weighted by Crippen LogP contribution is -2.17. The van der Waals surface area contributed by atoms with Gasteiger partial charge in [0.1, 0.15) is 11.2 Å². The molecule has 0 amide bonds. The molecule has 398 valence electrons. The van der Waals surface area contributed by atoms with Crippen LogP contribution in [0, 0.1) is 13.8 Å². The van der Waals surface area contributed by atoms with Gasteiger partial charge in [-0.3, -0.25) is 0 Å². The van der Waals surface area contributed by atoms with Crippen molar-refractivity contribution in [2.24, 2.45) is 0 Å². The molecule has 14 aromatic carbocycles. The van der Waals surface area contributed by atoms with E-state index in [1.54, 1.807) is 0 Å². The molecule has 0 spiro atoms. The number of anilines is 6. The highest BCUT2D eigenvalue weighted by Crippen LogP contribution is 2.53. The second-order valence-corrected chi connectivity index (χ2v) is 23.3. The summed E-state index contributed by atoms with van der Waals surface area (Å²) in [7, 11) is 0. The van der Waals surface area contributed by atoms with Crippen molar-refractivity contribution < 1.29 is 4.42 Å². The normalized spacial score (nSPS) is 12.6. The standard InChI is InChI=1S/C81H58N2O/c1-51-45-55(57-33-44-80-75(48-57)73-26-14-15-28-79(73)84-80)31-39-63(51)64-41-36-60(46-52(64)2)82(59-34-29-53(30-35-59)56-32-40-70-68-24-11-10-22-66(68)67-23-12-13-25-69(67)74(70)47-56)61-37-42-71-72-43-38-62(50-77(72)81(3,4)76(71)49-61)83(58-19-6-5-7-20-58)78-27-16-18-54-17-8-9-21-65(54)78/h5-50H,1-4H3. The third-order valence-electron chi connectivity index (χ3n) is 18.1. The van der Waals surface area contributed by atoms with Crippen molar-refractivity contribution >= 4 is 99.2 Å². The monoisotopic (exact) mass is 1070 g/mol. The molecule has 0 unspecified atom stereocenters. The predicted molar refractivity (Wildman–Crippen MR) is 356 cm³/mol. The fourth-order valence-electron chi connectivity index (χ4n) is 13.9. The number of fused-ring (bicyclic) bond motifs is 13. The SMILES string of the molecule is Cc1cc(-c2ccc3oc4ccccc4c3c2)ccc1-c1ccc(N(c2ccc(-c3ccc4c5ccccc5c5ccccc5c4c3)cc2)c2ccc3c(c2)C(C)(C)c2cc(N(c4ccccc4)c4cccc5ccccc45)ccc2-3)cc1C. The van der Waals surface area contributed by atoms with Crippen LogP contribution in [-0.4, -0.2) is 0 Å². The molecule has 1 aromatic heterocycles. The van der Waals surface area contributed by atoms with Gasteiger partial charge in [-0.1, -0.05) is 202 Å². The maximum absolute atomic E-state index is 6.18. The van der Waals surface area contributed by atoms with E-state index >= 15 is 0 Å². The van der Waals surface area contributed by atoms with Crippen molar-refractivity contribution in [2.45, 2.75) is 33.1 Å². The molecule has 1 aliphatic rings. The summed E-state index contributed by atoms with van der Waals surface area (Å²) < 4.78 is 6.18. The Labute approximate surface area is 489 Å². The van der Waals surface area contributed by atoms with Gasteiger partial charge in [-0.15, -0.1) is 0 Å². The highest BCUT2D eigenvalue weighted by molar-refractivity contribution is 6.25. The summed E-state index contributed by atoms with van der Waals surface area (Å²) in [6.07, 6.45) is 0. The molecular weight excluding hydrogens is 1020 g/mol.